The van der Waals surface area contributed by atoms with Gasteiger partial charge in [-0.15, -0.1) is 0 Å². The number of rotatable bonds is 5. The molecule has 0 aliphatic carbocycles. The molecule has 20 heavy (non-hydrogen) atoms. The van der Waals surface area contributed by atoms with Gasteiger partial charge in [-0.1, -0.05) is 22.9 Å². The van der Waals surface area contributed by atoms with Crippen molar-refractivity contribution < 1.29 is 0 Å². The van der Waals surface area contributed by atoms with Crippen molar-refractivity contribution in [1.82, 2.24) is 9.97 Å². The normalized spacial score (nSPS) is 10.4. The van der Waals surface area contributed by atoms with Crippen LogP contribution in [-0.4, -0.2) is 16.5 Å². The minimum atomic E-state index is 0.655. The van der Waals surface area contributed by atoms with E-state index in [1.54, 1.807) is 6.20 Å². The van der Waals surface area contributed by atoms with Gasteiger partial charge in [0.05, 0.1) is 0 Å². The monoisotopic (exact) mass is 334 g/mol. The van der Waals surface area contributed by atoms with Crippen molar-refractivity contribution in [2.24, 2.45) is 0 Å². The molecule has 1 heterocycles. The molecule has 106 valence electrons. The number of aryl methyl sites for hydroxylation is 2. The van der Waals surface area contributed by atoms with Gasteiger partial charge in [-0.3, -0.25) is 0 Å². The predicted molar refractivity (Wildman–Crippen MR) is 87.7 cm³/mol. The first kappa shape index (κ1) is 14.8. The third-order valence-electron chi connectivity index (χ3n) is 2.90. The Bertz CT molecular complexity index is 575. The van der Waals surface area contributed by atoms with E-state index in [-0.39, 0.29) is 0 Å². The first-order valence-electron chi connectivity index (χ1n) is 6.71. The van der Waals surface area contributed by atoms with Crippen LogP contribution in [0.25, 0.3) is 0 Å². The van der Waals surface area contributed by atoms with E-state index in [0.717, 1.165) is 28.9 Å². The fourth-order valence-corrected chi connectivity index (χ4v) is 2.15. The number of anilines is 3. The molecule has 2 rings (SSSR count). The maximum Gasteiger partial charge on any atom is 0.224 e. The largest absolute Gasteiger partial charge is 0.354 e. The molecule has 0 bridgehead atoms. The summed E-state index contributed by atoms with van der Waals surface area (Å²) in [4.78, 5) is 8.64. The molecule has 0 fully saturated rings. The van der Waals surface area contributed by atoms with Crippen LogP contribution in [0.15, 0.2) is 28.9 Å². The molecule has 0 radical (unpaired) electrons. The first-order valence-corrected chi connectivity index (χ1v) is 7.50. The van der Waals surface area contributed by atoms with Crippen molar-refractivity contribution in [2.75, 3.05) is 17.2 Å². The molecule has 0 amide bonds. The van der Waals surface area contributed by atoms with Gasteiger partial charge in [0.25, 0.3) is 0 Å². The Hall–Kier alpha value is -1.62. The van der Waals surface area contributed by atoms with Crippen molar-refractivity contribution in [2.45, 2.75) is 27.2 Å². The summed E-state index contributed by atoms with van der Waals surface area (Å²) in [5.74, 6) is 1.45. The van der Waals surface area contributed by atoms with Gasteiger partial charge in [-0.25, -0.2) is 4.98 Å². The molecule has 2 aromatic rings. The maximum atomic E-state index is 4.44. The summed E-state index contributed by atoms with van der Waals surface area (Å²) in [6, 6.07) is 6.06. The highest BCUT2D eigenvalue weighted by atomic mass is 79.9. The maximum absolute atomic E-state index is 4.44. The third kappa shape index (κ3) is 3.70. The van der Waals surface area contributed by atoms with E-state index < -0.39 is 0 Å². The first-order chi connectivity index (χ1) is 9.60. The lowest BCUT2D eigenvalue weighted by Crippen LogP contribution is -2.05. The molecule has 1 aromatic heterocycles. The molecule has 0 atom stereocenters. The molecule has 0 saturated heterocycles. The van der Waals surface area contributed by atoms with Crippen LogP contribution in [0, 0.1) is 13.8 Å². The lowest BCUT2D eigenvalue weighted by Gasteiger charge is -2.11. The van der Waals surface area contributed by atoms with Gasteiger partial charge in [-0.2, -0.15) is 4.98 Å². The molecule has 2 N–H and O–H groups in total. The minimum Gasteiger partial charge on any atom is -0.354 e. The lowest BCUT2D eigenvalue weighted by atomic mass is 10.1. The Morgan fingerprint density at radius 3 is 2.55 bits per heavy atom. The number of nitrogens with one attached hydrogen (secondary N) is 2. The highest BCUT2D eigenvalue weighted by Gasteiger charge is 2.04. The van der Waals surface area contributed by atoms with Crippen LogP contribution in [0.4, 0.5) is 17.5 Å². The Balaban J connectivity index is 2.17. The lowest BCUT2D eigenvalue weighted by molar-refractivity contribution is 0.953. The quantitative estimate of drug-likeness (QED) is 0.849. The molecular formula is C15H19BrN4. The Morgan fingerprint density at radius 1 is 1.20 bits per heavy atom. The number of hydrogen-bond donors (Lipinski definition) is 2. The average molecular weight is 335 g/mol. The van der Waals surface area contributed by atoms with Gasteiger partial charge in [0.1, 0.15) is 5.82 Å². The molecule has 0 aliphatic rings. The van der Waals surface area contributed by atoms with Gasteiger partial charge in [-0.05, 0) is 49.6 Å². The van der Waals surface area contributed by atoms with Crippen LogP contribution in [0.1, 0.15) is 24.5 Å². The summed E-state index contributed by atoms with van der Waals surface area (Å²) >= 11 is 3.58. The molecule has 1 aromatic carbocycles. The minimum absolute atomic E-state index is 0.655. The van der Waals surface area contributed by atoms with Gasteiger partial charge in [0, 0.05) is 22.9 Å². The topological polar surface area (TPSA) is 49.8 Å². The molecule has 5 heteroatoms. The second kappa shape index (κ2) is 6.70. The zero-order valence-electron chi connectivity index (χ0n) is 12.0. The van der Waals surface area contributed by atoms with Crippen molar-refractivity contribution in [3.05, 3.63) is 40.0 Å². The fourth-order valence-electron chi connectivity index (χ4n) is 1.92. The van der Waals surface area contributed by atoms with E-state index >= 15 is 0 Å². The second-order valence-corrected chi connectivity index (χ2v) is 5.53. The van der Waals surface area contributed by atoms with E-state index in [9.17, 15) is 0 Å². The Morgan fingerprint density at radius 2 is 1.90 bits per heavy atom. The predicted octanol–water partition coefficient (Wildman–Crippen LogP) is 4.42. The van der Waals surface area contributed by atoms with Crippen LogP contribution < -0.4 is 10.6 Å². The van der Waals surface area contributed by atoms with Crippen LogP contribution >= 0.6 is 15.9 Å². The standard InChI is InChI=1S/C15H19BrN4/c1-4-6-17-15-18-7-5-13(20-15)19-12-8-10(2)14(16)11(3)9-12/h5,7-9H,4,6H2,1-3H3,(H2,17,18,19,20). The van der Waals surface area contributed by atoms with Crippen LogP contribution in [0.2, 0.25) is 0 Å². The van der Waals surface area contributed by atoms with Crippen LogP contribution in [0.3, 0.4) is 0 Å². The Labute approximate surface area is 128 Å². The van der Waals surface area contributed by atoms with Gasteiger partial charge in [0.2, 0.25) is 5.95 Å². The molecule has 0 unspecified atom stereocenters. The summed E-state index contributed by atoms with van der Waals surface area (Å²) in [5.41, 5.74) is 3.43. The smallest absolute Gasteiger partial charge is 0.224 e. The number of nitrogens with zero attached hydrogens (tertiary/aromatic N) is 2. The summed E-state index contributed by atoms with van der Waals surface area (Å²) < 4.78 is 1.15. The Kier molecular flexibility index (Phi) is 4.95. The zero-order chi connectivity index (χ0) is 14.5. The summed E-state index contributed by atoms with van der Waals surface area (Å²) in [6.07, 6.45) is 2.80. The van der Waals surface area contributed by atoms with Crippen molar-refractivity contribution in [3.63, 3.8) is 0 Å². The summed E-state index contributed by atoms with van der Waals surface area (Å²) in [6.45, 7) is 7.15. The van der Waals surface area contributed by atoms with Crippen molar-refractivity contribution in [1.29, 1.82) is 0 Å². The zero-order valence-corrected chi connectivity index (χ0v) is 13.6. The molecule has 4 nitrogen and oxygen atoms in total. The van der Waals surface area contributed by atoms with Crippen molar-refractivity contribution in [3.8, 4) is 0 Å². The molecule has 0 saturated carbocycles. The highest BCUT2D eigenvalue weighted by Crippen LogP contribution is 2.26. The second-order valence-electron chi connectivity index (χ2n) is 4.74. The van der Waals surface area contributed by atoms with E-state index in [2.05, 4.69) is 69.4 Å². The van der Waals surface area contributed by atoms with Crippen LogP contribution in [-0.2, 0) is 0 Å². The van der Waals surface area contributed by atoms with E-state index in [1.807, 2.05) is 6.07 Å². The molecule has 0 spiro atoms. The number of benzene rings is 1. The van der Waals surface area contributed by atoms with E-state index in [0.29, 0.717) is 5.95 Å². The highest BCUT2D eigenvalue weighted by molar-refractivity contribution is 9.10. The summed E-state index contributed by atoms with van der Waals surface area (Å²) in [7, 11) is 0. The molecule has 0 aliphatic heterocycles. The molecular weight excluding hydrogens is 316 g/mol. The van der Waals surface area contributed by atoms with E-state index in [1.165, 1.54) is 11.1 Å². The number of aromatic nitrogens is 2. The van der Waals surface area contributed by atoms with E-state index in [4.69, 9.17) is 0 Å². The SMILES string of the molecule is CCCNc1nccc(Nc2cc(C)c(Br)c(C)c2)n1. The fraction of sp³-hybridized carbons (Fsp3) is 0.333. The number of hydrogen-bond acceptors (Lipinski definition) is 4. The summed E-state index contributed by atoms with van der Waals surface area (Å²) in [5, 5.41) is 6.50. The van der Waals surface area contributed by atoms with Crippen molar-refractivity contribution >= 4 is 33.4 Å². The van der Waals surface area contributed by atoms with Crippen LogP contribution in [0.5, 0.6) is 0 Å². The van der Waals surface area contributed by atoms with Gasteiger partial charge >= 0.3 is 0 Å². The average Bonchev–Trinajstić information content (AvgIpc) is 2.43. The third-order valence-corrected chi connectivity index (χ3v) is 4.15. The number of halogens is 1. The van der Waals surface area contributed by atoms with Gasteiger partial charge < -0.3 is 10.6 Å². The van der Waals surface area contributed by atoms with Gasteiger partial charge in [0.15, 0.2) is 0 Å².